The molecule has 2 rings (SSSR count). The highest BCUT2D eigenvalue weighted by atomic mass is 32.2. The molecule has 18 heavy (non-hydrogen) atoms. The quantitative estimate of drug-likeness (QED) is 0.865. The highest BCUT2D eigenvalue weighted by Crippen LogP contribution is 2.21. The minimum Gasteiger partial charge on any atom is -0.467 e. The van der Waals surface area contributed by atoms with E-state index in [1.54, 1.807) is 36.6 Å². The van der Waals surface area contributed by atoms with Crippen molar-refractivity contribution >= 4 is 15.7 Å². The Hall–Kier alpha value is -1.79. The third-order valence-electron chi connectivity index (χ3n) is 2.48. The first-order valence-corrected chi connectivity index (χ1v) is 6.90. The summed E-state index contributed by atoms with van der Waals surface area (Å²) in [6.07, 6.45) is 1.58. The summed E-state index contributed by atoms with van der Waals surface area (Å²) in [5, 5.41) is 3.04. The van der Waals surface area contributed by atoms with Crippen molar-refractivity contribution in [1.82, 2.24) is 4.72 Å². The summed E-state index contributed by atoms with van der Waals surface area (Å²) in [6.45, 7) is 0.434. The zero-order valence-electron chi connectivity index (χ0n) is 9.88. The number of hydrogen-bond acceptors (Lipinski definition) is 4. The van der Waals surface area contributed by atoms with E-state index in [1.165, 1.54) is 7.05 Å². The highest BCUT2D eigenvalue weighted by Gasteiger charge is 2.15. The van der Waals surface area contributed by atoms with Crippen LogP contribution in [0.3, 0.4) is 0 Å². The molecule has 0 spiro atoms. The molecule has 0 unspecified atom stereocenters. The second-order valence-corrected chi connectivity index (χ2v) is 5.49. The lowest BCUT2D eigenvalue weighted by molar-refractivity contribution is 0.518. The van der Waals surface area contributed by atoms with Gasteiger partial charge in [0.15, 0.2) is 0 Å². The van der Waals surface area contributed by atoms with Crippen LogP contribution < -0.4 is 10.0 Å². The monoisotopic (exact) mass is 266 g/mol. The SMILES string of the molecule is CNS(=O)(=O)c1ccccc1NCc1ccco1. The Balaban J connectivity index is 2.23. The van der Waals surface area contributed by atoms with Crippen LogP contribution in [0.5, 0.6) is 0 Å². The number of furan rings is 1. The van der Waals surface area contributed by atoms with E-state index >= 15 is 0 Å². The molecule has 0 amide bonds. The molecule has 2 N–H and O–H groups in total. The molecule has 1 aromatic heterocycles. The number of hydrogen-bond donors (Lipinski definition) is 2. The Kier molecular flexibility index (Phi) is 3.69. The Labute approximate surface area is 106 Å². The Morgan fingerprint density at radius 2 is 1.94 bits per heavy atom. The van der Waals surface area contributed by atoms with Gasteiger partial charge in [-0.15, -0.1) is 0 Å². The molecule has 0 aliphatic heterocycles. The average Bonchev–Trinajstić information content (AvgIpc) is 2.90. The summed E-state index contributed by atoms with van der Waals surface area (Å²) >= 11 is 0. The Morgan fingerprint density at radius 3 is 2.61 bits per heavy atom. The molecule has 0 atom stereocenters. The zero-order chi connectivity index (χ0) is 13.0. The van der Waals surface area contributed by atoms with Crippen LogP contribution in [0.15, 0.2) is 52.0 Å². The topological polar surface area (TPSA) is 71.3 Å². The first kappa shape index (κ1) is 12.7. The zero-order valence-corrected chi connectivity index (χ0v) is 10.7. The van der Waals surface area contributed by atoms with Crippen LogP contribution in [0.4, 0.5) is 5.69 Å². The molecular formula is C12H14N2O3S. The fourth-order valence-electron chi connectivity index (χ4n) is 1.55. The van der Waals surface area contributed by atoms with Crippen LogP contribution in [0.1, 0.15) is 5.76 Å². The predicted octanol–water partition coefficient (Wildman–Crippen LogP) is 1.80. The molecule has 0 aliphatic carbocycles. The smallest absolute Gasteiger partial charge is 0.242 e. The van der Waals surface area contributed by atoms with E-state index in [0.29, 0.717) is 12.2 Å². The summed E-state index contributed by atoms with van der Waals surface area (Å²) in [4.78, 5) is 0.221. The summed E-state index contributed by atoms with van der Waals surface area (Å²) in [7, 11) is -2.08. The van der Waals surface area contributed by atoms with Gasteiger partial charge in [0.05, 0.1) is 18.5 Å². The minimum atomic E-state index is -3.46. The fourth-order valence-corrected chi connectivity index (χ4v) is 2.46. The average molecular weight is 266 g/mol. The maximum absolute atomic E-state index is 11.8. The molecule has 2 aromatic rings. The van der Waals surface area contributed by atoms with Crippen molar-refractivity contribution in [2.45, 2.75) is 11.4 Å². The van der Waals surface area contributed by atoms with Crippen molar-refractivity contribution < 1.29 is 12.8 Å². The molecule has 96 valence electrons. The van der Waals surface area contributed by atoms with E-state index in [4.69, 9.17) is 4.42 Å². The summed E-state index contributed by atoms with van der Waals surface area (Å²) in [6, 6.07) is 10.3. The summed E-state index contributed by atoms with van der Waals surface area (Å²) in [5.74, 6) is 0.742. The first-order chi connectivity index (χ1) is 8.63. The number of anilines is 1. The van der Waals surface area contributed by atoms with Crippen molar-refractivity contribution in [1.29, 1.82) is 0 Å². The minimum absolute atomic E-state index is 0.221. The molecule has 0 saturated heterocycles. The number of benzene rings is 1. The van der Waals surface area contributed by atoms with E-state index in [0.717, 1.165) is 5.76 Å². The highest BCUT2D eigenvalue weighted by molar-refractivity contribution is 7.89. The number of nitrogens with one attached hydrogen (secondary N) is 2. The van der Waals surface area contributed by atoms with E-state index < -0.39 is 10.0 Å². The molecule has 0 saturated carbocycles. The first-order valence-electron chi connectivity index (χ1n) is 5.42. The fraction of sp³-hybridized carbons (Fsp3) is 0.167. The molecule has 1 aromatic carbocycles. The van der Waals surface area contributed by atoms with Gasteiger partial charge < -0.3 is 9.73 Å². The van der Waals surface area contributed by atoms with E-state index in [9.17, 15) is 8.42 Å². The van der Waals surface area contributed by atoms with Gasteiger partial charge in [0.1, 0.15) is 10.7 Å². The normalized spacial score (nSPS) is 11.4. The van der Waals surface area contributed by atoms with Crippen LogP contribution in [0.2, 0.25) is 0 Å². The van der Waals surface area contributed by atoms with Crippen molar-refractivity contribution in [2.75, 3.05) is 12.4 Å². The van der Waals surface area contributed by atoms with E-state index in [1.807, 2.05) is 6.07 Å². The number of sulfonamides is 1. The second kappa shape index (κ2) is 5.24. The number of rotatable bonds is 5. The molecule has 6 heteroatoms. The van der Waals surface area contributed by atoms with Crippen molar-refractivity contribution in [3.05, 3.63) is 48.4 Å². The van der Waals surface area contributed by atoms with Gasteiger partial charge >= 0.3 is 0 Å². The van der Waals surface area contributed by atoms with E-state index in [-0.39, 0.29) is 4.90 Å². The maximum Gasteiger partial charge on any atom is 0.242 e. The van der Waals surface area contributed by atoms with Gasteiger partial charge in [-0.1, -0.05) is 12.1 Å². The lowest BCUT2D eigenvalue weighted by Gasteiger charge is -2.10. The van der Waals surface area contributed by atoms with Crippen LogP contribution in [-0.2, 0) is 16.6 Å². The Morgan fingerprint density at radius 1 is 1.17 bits per heavy atom. The molecule has 0 fully saturated rings. The van der Waals surface area contributed by atoms with Gasteiger partial charge in [0.25, 0.3) is 0 Å². The van der Waals surface area contributed by atoms with Crippen molar-refractivity contribution in [3.8, 4) is 0 Å². The van der Waals surface area contributed by atoms with Gasteiger partial charge in [0.2, 0.25) is 10.0 Å². The summed E-state index contributed by atoms with van der Waals surface area (Å²) in [5.41, 5.74) is 0.545. The van der Waals surface area contributed by atoms with Gasteiger partial charge in [-0.05, 0) is 31.3 Å². The van der Waals surface area contributed by atoms with Crippen molar-refractivity contribution in [2.24, 2.45) is 0 Å². The third kappa shape index (κ3) is 2.72. The van der Waals surface area contributed by atoms with Gasteiger partial charge in [-0.25, -0.2) is 13.1 Å². The summed E-state index contributed by atoms with van der Waals surface area (Å²) < 4.78 is 31.1. The van der Waals surface area contributed by atoms with Crippen LogP contribution >= 0.6 is 0 Å². The van der Waals surface area contributed by atoms with Gasteiger partial charge in [-0.2, -0.15) is 0 Å². The lowest BCUT2D eigenvalue weighted by Crippen LogP contribution is -2.20. The number of para-hydroxylation sites is 1. The van der Waals surface area contributed by atoms with E-state index in [2.05, 4.69) is 10.0 Å². The lowest BCUT2D eigenvalue weighted by atomic mass is 10.3. The molecule has 0 aliphatic rings. The molecular weight excluding hydrogens is 252 g/mol. The molecule has 5 nitrogen and oxygen atoms in total. The molecule has 1 heterocycles. The van der Waals surface area contributed by atoms with Crippen LogP contribution in [0.25, 0.3) is 0 Å². The van der Waals surface area contributed by atoms with Crippen LogP contribution in [0, 0.1) is 0 Å². The Bertz CT molecular complexity index is 606. The third-order valence-corrected chi connectivity index (χ3v) is 3.95. The van der Waals surface area contributed by atoms with Gasteiger partial charge in [0, 0.05) is 0 Å². The van der Waals surface area contributed by atoms with Gasteiger partial charge in [-0.3, -0.25) is 0 Å². The molecule has 0 bridgehead atoms. The van der Waals surface area contributed by atoms with Crippen molar-refractivity contribution in [3.63, 3.8) is 0 Å². The largest absolute Gasteiger partial charge is 0.467 e. The second-order valence-electron chi connectivity index (χ2n) is 3.64. The molecule has 0 radical (unpaired) electrons. The van der Waals surface area contributed by atoms with Crippen LogP contribution in [-0.4, -0.2) is 15.5 Å². The predicted molar refractivity (Wildman–Crippen MR) is 68.7 cm³/mol. The standard InChI is InChI=1S/C12H14N2O3S/c1-13-18(15,16)12-7-3-2-6-11(12)14-9-10-5-4-8-17-10/h2-8,13-14H,9H2,1H3. The maximum atomic E-state index is 11.8.